The summed E-state index contributed by atoms with van der Waals surface area (Å²) in [6.07, 6.45) is 0.767. The molecule has 34 heavy (non-hydrogen) atoms. The Labute approximate surface area is 196 Å². The van der Waals surface area contributed by atoms with Crippen LogP contribution in [0.25, 0.3) is 33.4 Å². The molecule has 0 saturated carbocycles. The maximum Gasteiger partial charge on any atom is 0.146 e. The zero-order chi connectivity index (χ0) is 23.4. The maximum absolute atomic E-state index is 13.5. The van der Waals surface area contributed by atoms with Gasteiger partial charge in [-0.05, 0) is 61.9 Å². The number of aliphatic hydroxyl groups excluding tert-OH is 1. The van der Waals surface area contributed by atoms with Crippen molar-refractivity contribution in [2.75, 3.05) is 0 Å². The minimum atomic E-state index is -1.06. The van der Waals surface area contributed by atoms with E-state index in [1.807, 2.05) is 50.4 Å². The minimum absolute atomic E-state index is 0.356. The molecule has 6 rings (SSSR count). The monoisotopic (exact) mass is 451 g/mol. The fourth-order valence-corrected chi connectivity index (χ4v) is 4.63. The van der Waals surface area contributed by atoms with Crippen LogP contribution in [0.3, 0.4) is 0 Å². The summed E-state index contributed by atoms with van der Waals surface area (Å²) in [5.41, 5.74) is 7.91. The van der Waals surface area contributed by atoms with E-state index >= 15 is 0 Å². The summed E-state index contributed by atoms with van der Waals surface area (Å²) in [5, 5.41) is 12.1. The van der Waals surface area contributed by atoms with Gasteiger partial charge >= 0.3 is 0 Å². The average Bonchev–Trinajstić information content (AvgIpc) is 3.22. The molecule has 1 N–H and O–H groups in total. The Morgan fingerprint density at radius 1 is 0.941 bits per heavy atom. The number of hydrogen-bond acceptors (Lipinski definition) is 4. The van der Waals surface area contributed by atoms with Gasteiger partial charge in [-0.15, -0.1) is 0 Å². The number of halogens is 1. The predicted octanol–water partition coefficient (Wildman–Crippen LogP) is 6.89. The van der Waals surface area contributed by atoms with Crippen LogP contribution in [0.2, 0.25) is 0 Å². The largest absolute Gasteiger partial charge is 0.488 e. The first-order chi connectivity index (χ1) is 16.5. The van der Waals surface area contributed by atoms with E-state index in [0.29, 0.717) is 23.5 Å². The van der Waals surface area contributed by atoms with Crippen molar-refractivity contribution in [1.82, 2.24) is 4.98 Å². The van der Waals surface area contributed by atoms with Crippen LogP contribution in [0.4, 0.5) is 4.39 Å². The highest BCUT2D eigenvalue weighted by Gasteiger charge is 2.26. The van der Waals surface area contributed by atoms with Gasteiger partial charge in [0.15, 0.2) is 0 Å². The summed E-state index contributed by atoms with van der Waals surface area (Å²) in [7, 11) is 0. The maximum atomic E-state index is 13.5. The molecular weight excluding hydrogens is 429 g/mol. The topological polar surface area (TPSA) is 55.5 Å². The van der Waals surface area contributed by atoms with Crippen molar-refractivity contribution in [3.05, 3.63) is 107 Å². The van der Waals surface area contributed by atoms with Gasteiger partial charge < -0.3 is 14.3 Å². The van der Waals surface area contributed by atoms with Gasteiger partial charge in [0.1, 0.15) is 35.6 Å². The number of ether oxygens (including phenoxy) is 1. The molecule has 0 radical (unpaired) electrons. The second-order valence-corrected chi connectivity index (χ2v) is 8.82. The molecule has 3 aromatic carbocycles. The first-order valence-electron chi connectivity index (χ1n) is 11.2. The minimum Gasteiger partial charge on any atom is -0.488 e. The zero-order valence-corrected chi connectivity index (χ0v) is 18.8. The molecule has 0 bridgehead atoms. The Hall–Kier alpha value is -3.96. The van der Waals surface area contributed by atoms with Crippen molar-refractivity contribution in [2.45, 2.75) is 26.6 Å². The normalized spacial score (nSPS) is 13.3. The lowest BCUT2D eigenvalue weighted by atomic mass is 9.94. The number of aliphatic hydroxyl groups is 1. The molecule has 0 spiro atoms. The highest BCUT2D eigenvalue weighted by Crippen LogP contribution is 2.43. The van der Waals surface area contributed by atoms with Crippen molar-refractivity contribution in [2.24, 2.45) is 0 Å². The Morgan fingerprint density at radius 2 is 1.71 bits per heavy atom. The summed E-state index contributed by atoms with van der Waals surface area (Å²) in [6, 6.07) is 19.9. The second kappa shape index (κ2) is 7.82. The van der Waals surface area contributed by atoms with Crippen LogP contribution >= 0.6 is 0 Å². The van der Waals surface area contributed by atoms with E-state index in [9.17, 15) is 9.50 Å². The van der Waals surface area contributed by atoms with Crippen molar-refractivity contribution in [3.8, 4) is 28.1 Å². The molecule has 1 atom stereocenters. The molecule has 5 heteroatoms. The van der Waals surface area contributed by atoms with Gasteiger partial charge in [-0.2, -0.15) is 0 Å². The van der Waals surface area contributed by atoms with Crippen LogP contribution < -0.4 is 4.74 Å². The molecule has 0 saturated heterocycles. The van der Waals surface area contributed by atoms with E-state index in [2.05, 4.69) is 12.1 Å². The summed E-state index contributed by atoms with van der Waals surface area (Å²) < 4.78 is 25.6. The van der Waals surface area contributed by atoms with Crippen molar-refractivity contribution < 1.29 is 18.7 Å². The third-order valence-corrected chi connectivity index (χ3v) is 6.33. The molecule has 168 valence electrons. The standard InChI is InChI=1S/C29H22FNO3/c1-16-4-10-25-22(11-16)26(29(34-25)28(32)18-5-7-21(30)8-6-18)19-13-20-15-33-24-9-3-17(2)12-23(24)27(20)31-14-19/h3-14,28,32H,15H2,1-2H3/t28-/m1/s1. The number of fused-ring (bicyclic) bond motifs is 4. The van der Waals surface area contributed by atoms with Gasteiger partial charge in [-0.1, -0.05) is 35.4 Å². The van der Waals surface area contributed by atoms with Crippen molar-refractivity contribution in [3.63, 3.8) is 0 Å². The van der Waals surface area contributed by atoms with Gasteiger partial charge in [0.2, 0.25) is 0 Å². The van der Waals surface area contributed by atoms with Gasteiger partial charge in [0, 0.05) is 33.8 Å². The van der Waals surface area contributed by atoms with Gasteiger partial charge in [0.25, 0.3) is 0 Å². The smallest absolute Gasteiger partial charge is 0.146 e. The number of hydrogen-bond donors (Lipinski definition) is 1. The van der Waals surface area contributed by atoms with Crippen molar-refractivity contribution in [1.29, 1.82) is 0 Å². The number of rotatable bonds is 3. The molecular formula is C29H22FNO3. The van der Waals surface area contributed by atoms with Gasteiger partial charge in [-0.25, -0.2) is 4.39 Å². The van der Waals surface area contributed by atoms with Gasteiger partial charge in [-0.3, -0.25) is 4.98 Å². The fourth-order valence-electron chi connectivity index (χ4n) is 4.63. The van der Waals surface area contributed by atoms with Gasteiger partial charge in [0.05, 0.1) is 5.69 Å². The highest BCUT2D eigenvalue weighted by atomic mass is 19.1. The Bertz CT molecular complexity index is 1550. The lowest BCUT2D eigenvalue weighted by Crippen LogP contribution is -2.08. The van der Waals surface area contributed by atoms with E-state index in [1.54, 1.807) is 12.1 Å². The molecule has 1 aliphatic rings. The number of pyridine rings is 1. The van der Waals surface area contributed by atoms with E-state index < -0.39 is 6.10 Å². The van der Waals surface area contributed by atoms with E-state index in [4.69, 9.17) is 14.1 Å². The first-order valence-corrected chi connectivity index (χ1v) is 11.2. The second-order valence-electron chi connectivity index (χ2n) is 8.82. The Balaban J connectivity index is 1.54. The summed E-state index contributed by atoms with van der Waals surface area (Å²) >= 11 is 0. The van der Waals surface area contributed by atoms with Crippen LogP contribution in [-0.4, -0.2) is 10.1 Å². The summed E-state index contributed by atoms with van der Waals surface area (Å²) in [6.45, 7) is 4.48. The van der Waals surface area contributed by atoms with Crippen LogP contribution in [0, 0.1) is 19.7 Å². The third-order valence-electron chi connectivity index (χ3n) is 6.33. The first kappa shape index (κ1) is 20.6. The number of aromatic nitrogens is 1. The highest BCUT2D eigenvalue weighted by molar-refractivity contribution is 5.97. The molecule has 2 aromatic heterocycles. The Kier molecular flexibility index (Phi) is 4.74. The molecule has 0 aliphatic carbocycles. The average molecular weight is 451 g/mol. The number of benzene rings is 3. The SMILES string of the molecule is Cc1ccc2c(c1)-c1ncc(-c3c([C@H](O)c4ccc(F)cc4)oc4ccc(C)cc34)cc1CO2. The molecule has 1 aliphatic heterocycles. The molecule has 0 fully saturated rings. The quantitative estimate of drug-likeness (QED) is 0.324. The summed E-state index contributed by atoms with van der Waals surface area (Å²) in [4.78, 5) is 4.82. The zero-order valence-electron chi connectivity index (χ0n) is 18.8. The lowest BCUT2D eigenvalue weighted by molar-refractivity contribution is 0.193. The number of nitrogens with zero attached hydrogens (tertiary/aromatic N) is 1. The molecule has 4 nitrogen and oxygen atoms in total. The van der Waals surface area contributed by atoms with Crippen LogP contribution in [0.15, 0.2) is 77.3 Å². The van der Waals surface area contributed by atoms with E-state index in [0.717, 1.165) is 50.2 Å². The predicted molar refractivity (Wildman–Crippen MR) is 129 cm³/mol. The Morgan fingerprint density at radius 3 is 2.53 bits per heavy atom. The lowest BCUT2D eigenvalue weighted by Gasteiger charge is -2.21. The molecule has 5 aromatic rings. The molecule has 0 unspecified atom stereocenters. The van der Waals surface area contributed by atoms with E-state index in [-0.39, 0.29) is 5.82 Å². The molecule has 3 heterocycles. The van der Waals surface area contributed by atoms with Crippen LogP contribution in [-0.2, 0) is 6.61 Å². The molecule has 0 amide bonds. The van der Waals surface area contributed by atoms with Crippen molar-refractivity contribution >= 4 is 11.0 Å². The third kappa shape index (κ3) is 3.37. The van der Waals surface area contributed by atoms with Crippen LogP contribution in [0.5, 0.6) is 5.75 Å². The van der Waals surface area contributed by atoms with E-state index in [1.165, 1.54) is 12.1 Å². The summed E-state index contributed by atoms with van der Waals surface area (Å²) in [5.74, 6) is 0.878. The fraction of sp³-hybridized carbons (Fsp3) is 0.138. The number of aryl methyl sites for hydroxylation is 2. The number of furan rings is 1. The van der Waals surface area contributed by atoms with Crippen LogP contribution in [0.1, 0.15) is 34.1 Å².